The summed E-state index contributed by atoms with van der Waals surface area (Å²) in [7, 11) is -3.90. The molecule has 4 aromatic rings. The van der Waals surface area contributed by atoms with Crippen molar-refractivity contribution >= 4 is 64.4 Å². The van der Waals surface area contributed by atoms with E-state index in [1.54, 1.807) is 42.5 Å². The Balaban J connectivity index is 1.56. The van der Waals surface area contributed by atoms with Gasteiger partial charge in [-0.15, -0.1) is 0 Å². The van der Waals surface area contributed by atoms with Crippen LogP contribution >= 0.6 is 31.9 Å². The minimum atomic E-state index is -3.90. The zero-order chi connectivity index (χ0) is 27.0. The van der Waals surface area contributed by atoms with Gasteiger partial charge in [0.2, 0.25) is 0 Å². The predicted molar refractivity (Wildman–Crippen MR) is 157 cm³/mol. The summed E-state index contributed by atoms with van der Waals surface area (Å²) in [5, 5.41) is 0.725. The molecule has 1 unspecified atom stereocenters. The zero-order valence-electron chi connectivity index (χ0n) is 21.2. The second-order valence-corrected chi connectivity index (χ2v) is 13.5. The van der Waals surface area contributed by atoms with E-state index in [0.717, 1.165) is 44.8 Å². The summed E-state index contributed by atoms with van der Waals surface area (Å²) < 4.78 is 37.0. The van der Waals surface area contributed by atoms with E-state index in [-0.39, 0.29) is 17.3 Å². The molecule has 1 fully saturated rings. The number of furan rings is 1. The molecule has 0 N–H and O–H groups in total. The van der Waals surface area contributed by atoms with Crippen molar-refractivity contribution in [1.29, 1.82) is 0 Å². The average Bonchev–Trinajstić information content (AvgIpc) is 3.23. The third-order valence-corrected chi connectivity index (χ3v) is 9.83. The number of anilines is 1. The van der Waals surface area contributed by atoms with Crippen LogP contribution in [0.3, 0.4) is 0 Å². The van der Waals surface area contributed by atoms with Crippen molar-refractivity contribution in [2.45, 2.75) is 38.1 Å². The molecule has 0 aliphatic carbocycles. The Hall–Kier alpha value is -2.62. The number of hydrogen-bond donors (Lipinski definition) is 0. The van der Waals surface area contributed by atoms with Crippen molar-refractivity contribution in [3.63, 3.8) is 0 Å². The summed E-state index contributed by atoms with van der Waals surface area (Å²) in [5.74, 6) is 0.669. The molecule has 1 amide bonds. The highest BCUT2D eigenvalue weighted by Gasteiger charge is 2.29. The first-order chi connectivity index (χ1) is 18.1. The standard InChI is InChI=1S/C29H28Br2N2O4S/c1-19-4-3-15-32(17-19)29(34)28-20(2)26-16-24(11-14-27(26)37-28)33(18-21-5-7-22(30)8-6-21)38(35,36)25-12-9-23(31)10-13-25/h5-14,16,19H,3-4,15,17-18H2,1-2H3. The highest BCUT2D eigenvalue weighted by atomic mass is 79.9. The maximum Gasteiger partial charge on any atom is 0.289 e. The lowest BCUT2D eigenvalue weighted by atomic mass is 10.00. The van der Waals surface area contributed by atoms with Crippen molar-refractivity contribution in [1.82, 2.24) is 4.90 Å². The van der Waals surface area contributed by atoms with Gasteiger partial charge in [-0.05, 0) is 85.8 Å². The topological polar surface area (TPSA) is 70.8 Å². The molecular formula is C29H28Br2N2O4S. The number of carbonyl (C=O) groups excluding carboxylic acids is 1. The van der Waals surface area contributed by atoms with Gasteiger partial charge in [0.15, 0.2) is 5.76 Å². The van der Waals surface area contributed by atoms with Crippen LogP contribution in [0.1, 0.15) is 41.4 Å². The van der Waals surface area contributed by atoms with Gasteiger partial charge >= 0.3 is 0 Å². The molecule has 0 spiro atoms. The molecule has 6 nitrogen and oxygen atoms in total. The van der Waals surface area contributed by atoms with Crippen LogP contribution in [0.15, 0.2) is 85.0 Å². The summed E-state index contributed by atoms with van der Waals surface area (Å²) in [5.41, 5.74) is 2.62. The van der Waals surface area contributed by atoms with Crippen LogP contribution in [0, 0.1) is 12.8 Å². The van der Waals surface area contributed by atoms with Crippen LogP contribution in [0.25, 0.3) is 11.0 Å². The van der Waals surface area contributed by atoms with Gasteiger partial charge in [0.05, 0.1) is 17.1 Å². The normalized spacial score (nSPS) is 16.1. The van der Waals surface area contributed by atoms with Gasteiger partial charge in [-0.3, -0.25) is 9.10 Å². The fraction of sp³-hybridized carbons (Fsp3) is 0.276. The van der Waals surface area contributed by atoms with E-state index in [1.165, 1.54) is 4.31 Å². The lowest BCUT2D eigenvalue weighted by Gasteiger charge is -2.30. The Morgan fingerprint density at radius 3 is 2.34 bits per heavy atom. The minimum Gasteiger partial charge on any atom is -0.451 e. The fourth-order valence-corrected chi connectivity index (χ4v) is 6.86. The number of sulfonamides is 1. The van der Waals surface area contributed by atoms with Crippen molar-refractivity contribution in [2.75, 3.05) is 17.4 Å². The fourth-order valence-electron chi connectivity index (χ4n) is 4.89. The summed E-state index contributed by atoms with van der Waals surface area (Å²) in [6.07, 6.45) is 2.10. The van der Waals surface area contributed by atoms with E-state index in [9.17, 15) is 13.2 Å². The summed E-state index contributed by atoms with van der Waals surface area (Å²) in [6, 6.07) is 19.5. The van der Waals surface area contributed by atoms with E-state index < -0.39 is 10.0 Å². The smallest absolute Gasteiger partial charge is 0.289 e. The molecule has 9 heteroatoms. The van der Waals surface area contributed by atoms with Gasteiger partial charge in [0, 0.05) is 33.0 Å². The number of hydrogen-bond acceptors (Lipinski definition) is 4. The molecule has 1 atom stereocenters. The van der Waals surface area contributed by atoms with E-state index in [2.05, 4.69) is 38.8 Å². The lowest BCUT2D eigenvalue weighted by Crippen LogP contribution is -2.39. The third kappa shape index (κ3) is 5.42. The molecule has 3 aromatic carbocycles. The van der Waals surface area contributed by atoms with E-state index in [1.807, 2.05) is 36.1 Å². The molecule has 0 radical (unpaired) electrons. The van der Waals surface area contributed by atoms with Crippen LogP contribution in [-0.4, -0.2) is 32.3 Å². The number of halogens is 2. The molecule has 1 saturated heterocycles. The van der Waals surface area contributed by atoms with Crippen molar-refractivity contribution in [2.24, 2.45) is 5.92 Å². The van der Waals surface area contributed by atoms with E-state index >= 15 is 0 Å². The number of piperidine rings is 1. The number of nitrogens with zero attached hydrogens (tertiary/aromatic N) is 2. The molecular weight excluding hydrogens is 632 g/mol. The highest BCUT2D eigenvalue weighted by Crippen LogP contribution is 2.34. The molecule has 2 heterocycles. The highest BCUT2D eigenvalue weighted by molar-refractivity contribution is 9.10. The first-order valence-corrected chi connectivity index (χ1v) is 15.5. The maximum absolute atomic E-state index is 13.9. The SMILES string of the molecule is Cc1c(C(=O)N2CCCC(C)C2)oc2ccc(N(Cc3ccc(Br)cc3)S(=O)(=O)c3ccc(Br)cc3)cc12. The molecule has 38 heavy (non-hydrogen) atoms. The van der Waals surface area contributed by atoms with Crippen molar-refractivity contribution in [3.05, 3.63) is 92.6 Å². The summed E-state index contributed by atoms with van der Waals surface area (Å²) in [4.78, 5) is 15.4. The Labute approximate surface area is 239 Å². The Bertz CT molecular complexity index is 1580. The summed E-state index contributed by atoms with van der Waals surface area (Å²) >= 11 is 6.82. The molecule has 1 aliphatic rings. The summed E-state index contributed by atoms with van der Waals surface area (Å²) in [6.45, 7) is 5.59. The second-order valence-electron chi connectivity index (χ2n) is 9.83. The number of carbonyl (C=O) groups is 1. The van der Waals surface area contributed by atoms with Gasteiger partial charge < -0.3 is 9.32 Å². The van der Waals surface area contributed by atoms with Gasteiger partial charge in [-0.1, -0.05) is 50.9 Å². The number of benzene rings is 3. The lowest BCUT2D eigenvalue weighted by molar-refractivity contribution is 0.0652. The van der Waals surface area contributed by atoms with E-state index in [0.29, 0.717) is 29.5 Å². The number of fused-ring (bicyclic) bond motifs is 1. The molecule has 0 bridgehead atoms. The van der Waals surface area contributed by atoms with E-state index in [4.69, 9.17) is 4.42 Å². The molecule has 1 aromatic heterocycles. The minimum absolute atomic E-state index is 0.110. The molecule has 198 valence electrons. The number of amides is 1. The Morgan fingerprint density at radius 2 is 1.68 bits per heavy atom. The van der Waals surface area contributed by atoms with Crippen molar-refractivity contribution in [3.8, 4) is 0 Å². The second kappa shape index (κ2) is 10.9. The number of rotatable bonds is 6. The van der Waals surface area contributed by atoms with Gasteiger partial charge in [-0.2, -0.15) is 0 Å². The van der Waals surface area contributed by atoms with Crippen LogP contribution in [0.5, 0.6) is 0 Å². The first kappa shape index (κ1) is 27.0. The molecule has 5 rings (SSSR count). The molecule has 0 saturated carbocycles. The van der Waals surface area contributed by atoms with Crippen LogP contribution < -0.4 is 4.31 Å². The molecule has 1 aliphatic heterocycles. The largest absolute Gasteiger partial charge is 0.451 e. The van der Waals surface area contributed by atoms with Crippen LogP contribution in [0.2, 0.25) is 0 Å². The average molecular weight is 660 g/mol. The van der Waals surface area contributed by atoms with Crippen molar-refractivity contribution < 1.29 is 17.6 Å². The third-order valence-electron chi connectivity index (χ3n) is 6.99. The van der Waals surface area contributed by atoms with Crippen LogP contribution in [-0.2, 0) is 16.6 Å². The zero-order valence-corrected chi connectivity index (χ0v) is 25.1. The van der Waals surface area contributed by atoms with Gasteiger partial charge in [0.1, 0.15) is 5.58 Å². The maximum atomic E-state index is 13.9. The van der Waals surface area contributed by atoms with Gasteiger partial charge in [0.25, 0.3) is 15.9 Å². The Morgan fingerprint density at radius 1 is 1.03 bits per heavy atom. The monoisotopic (exact) mass is 658 g/mol. The number of aryl methyl sites for hydroxylation is 1. The van der Waals surface area contributed by atoms with Crippen LogP contribution in [0.4, 0.5) is 5.69 Å². The number of likely N-dealkylation sites (tertiary alicyclic amines) is 1. The predicted octanol–water partition coefficient (Wildman–Crippen LogP) is 7.53. The quantitative estimate of drug-likeness (QED) is 0.215. The Kier molecular flexibility index (Phi) is 7.71. The first-order valence-electron chi connectivity index (χ1n) is 12.5. The van der Waals surface area contributed by atoms with Gasteiger partial charge in [-0.25, -0.2) is 8.42 Å².